The lowest BCUT2D eigenvalue weighted by molar-refractivity contribution is -0.147. The van der Waals surface area contributed by atoms with Gasteiger partial charge in [0.15, 0.2) is 11.5 Å². The third kappa shape index (κ3) is 6.39. The van der Waals surface area contributed by atoms with Crippen molar-refractivity contribution in [3.05, 3.63) is 23.3 Å². The Morgan fingerprint density at radius 3 is 2.54 bits per heavy atom. The molecule has 204 valence electrons. The van der Waals surface area contributed by atoms with Crippen LogP contribution in [-0.2, 0) is 27.2 Å². The lowest BCUT2D eigenvalue weighted by atomic mass is 9.77. The molecule has 0 radical (unpaired) electrons. The number of likely N-dealkylation sites (tertiary alicyclic amines) is 1. The van der Waals surface area contributed by atoms with Crippen LogP contribution in [0.1, 0.15) is 63.5 Å². The van der Waals surface area contributed by atoms with Gasteiger partial charge < -0.3 is 24.6 Å². The number of hydrogen-bond donors (Lipinski definition) is 1. The summed E-state index contributed by atoms with van der Waals surface area (Å²) in [6.07, 6.45) is 5.65. The number of nitrogens with zero attached hydrogens (tertiary/aromatic N) is 2. The van der Waals surface area contributed by atoms with Crippen LogP contribution in [0.5, 0.6) is 11.5 Å². The molecule has 1 aromatic rings. The van der Waals surface area contributed by atoms with Gasteiger partial charge in [0.1, 0.15) is 0 Å². The van der Waals surface area contributed by atoms with Gasteiger partial charge in [-0.3, -0.25) is 14.4 Å². The van der Waals surface area contributed by atoms with Gasteiger partial charge in [-0.2, -0.15) is 0 Å². The number of amides is 3. The number of nitrogens with one attached hydrogen (secondary N) is 1. The van der Waals surface area contributed by atoms with E-state index in [1.54, 1.807) is 14.2 Å². The monoisotopic (exact) mass is 513 g/mol. The van der Waals surface area contributed by atoms with Crippen LogP contribution in [0.3, 0.4) is 0 Å². The van der Waals surface area contributed by atoms with E-state index < -0.39 is 0 Å². The number of piperidine rings is 2. The molecule has 2 saturated heterocycles. The van der Waals surface area contributed by atoms with Crippen molar-refractivity contribution in [3.63, 3.8) is 0 Å². The molecule has 4 rings (SSSR count). The average molecular weight is 514 g/mol. The standard InChI is InChI=1S/C29H43N3O5/c1-19(2)29(35)31-16-21-14-23(18-31)24-8-5-9-26(33)30-12-6-7-22-13-20(10-11-27(34)32(24)17-21)15-25(36-3)28(22)37-4/h13,15,19,21,23-24H,5-12,14,16-18H2,1-4H3,(H,30,33)/t21-,23+,24-/m0/s1. The van der Waals surface area contributed by atoms with Crippen molar-refractivity contribution in [2.24, 2.45) is 17.8 Å². The van der Waals surface area contributed by atoms with E-state index in [9.17, 15) is 14.4 Å². The summed E-state index contributed by atoms with van der Waals surface area (Å²) in [4.78, 5) is 43.1. The van der Waals surface area contributed by atoms with Gasteiger partial charge in [-0.05, 0) is 67.6 Å². The molecule has 0 aliphatic carbocycles. The first kappa shape index (κ1) is 27.3. The Morgan fingerprint density at radius 2 is 1.81 bits per heavy atom. The van der Waals surface area contributed by atoms with E-state index in [0.29, 0.717) is 50.6 Å². The van der Waals surface area contributed by atoms with Gasteiger partial charge in [0.25, 0.3) is 0 Å². The number of aryl methyl sites for hydroxylation is 2. The summed E-state index contributed by atoms with van der Waals surface area (Å²) in [6, 6.07) is 4.14. The SMILES string of the molecule is COc1cc2cc(c1OC)CCCNC(=O)CCC[C@H]1[C@@H]3C[C@@H](CN(C(=O)C(C)C)C3)CN1C(=O)CC2. The molecule has 4 bridgehead atoms. The minimum Gasteiger partial charge on any atom is -0.493 e. The maximum absolute atomic E-state index is 13.6. The fraction of sp³-hybridized carbons (Fsp3) is 0.690. The van der Waals surface area contributed by atoms with Crippen LogP contribution in [0, 0.1) is 17.8 Å². The Labute approximate surface area is 221 Å². The number of methoxy groups -OCH3 is 2. The molecule has 1 aromatic carbocycles. The summed E-state index contributed by atoms with van der Waals surface area (Å²) in [5.41, 5.74) is 2.09. The summed E-state index contributed by atoms with van der Waals surface area (Å²) in [5.74, 6) is 2.35. The molecule has 8 heteroatoms. The van der Waals surface area contributed by atoms with Crippen molar-refractivity contribution in [3.8, 4) is 11.5 Å². The molecular weight excluding hydrogens is 470 g/mol. The Bertz CT molecular complexity index is 994. The van der Waals surface area contributed by atoms with Crippen molar-refractivity contribution in [1.29, 1.82) is 0 Å². The van der Waals surface area contributed by atoms with Crippen molar-refractivity contribution < 1.29 is 23.9 Å². The predicted octanol–water partition coefficient (Wildman–Crippen LogP) is 3.20. The number of carbonyl (C=O) groups excluding carboxylic acids is 3. The minimum absolute atomic E-state index is 0.0244. The smallest absolute Gasteiger partial charge is 0.225 e. The fourth-order valence-electron chi connectivity index (χ4n) is 6.45. The highest BCUT2D eigenvalue weighted by atomic mass is 16.5. The second-order valence-electron chi connectivity index (χ2n) is 11.2. The molecule has 3 aliphatic heterocycles. The molecule has 3 aliphatic rings. The van der Waals surface area contributed by atoms with E-state index in [0.717, 1.165) is 55.5 Å². The Hall–Kier alpha value is -2.77. The zero-order chi connectivity index (χ0) is 26.5. The largest absolute Gasteiger partial charge is 0.493 e. The molecule has 0 aromatic heterocycles. The maximum Gasteiger partial charge on any atom is 0.225 e. The van der Waals surface area contributed by atoms with Gasteiger partial charge in [0.05, 0.1) is 14.2 Å². The molecule has 0 spiro atoms. The number of benzene rings is 1. The number of rotatable bonds is 3. The molecule has 37 heavy (non-hydrogen) atoms. The summed E-state index contributed by atoms with van der Waals surface area (Å²) >= 11 is 0. The molecule has 1 N–H and O–H groups in total. The van der Waals surface area contributed by atoms with Crippen LogP contribution in [0.25, 0.3) is 0 Å². The number of hydrogen-bond acceptors (Lipinski definition) is 5. The molecule has 0 unspecified atom stereocenters. The Morgan fingerprint density at radius 1 is 1.00 bits per heavy atom. The second kappa shape index (κ2) is 12.2. The van der Waals surface area contributed by atoms with Crippen LogP contribution in [0.4, 0.5) is 0 Å². The van der Waals surface area contributed by atoms with Crippen LogP contribution in [0.2, 0.25) is 0 Å². The second-order valence-corrected chi connectivity index (χ2v) is 11.2. The van der Waals surface area contributed by atoms with Crippen molar-refractivity contribution in [2.75, 3.05) is 40.4 Å². The highest BCUT2D eigenvalue weighted by Gasteiger charge is 2.43. The molecule has 2 fully saturated rings. The van der Waals surface area contributed by atoms with Crippen molar-refractivity contribution >= 4 is 17.7 Å². The normalized spacial score (nSPS) is 25.4. The summed E-state index contributed by atoms with van der Waals surface area (Å²) in [5, 5.41) is 3.05. The van der Waals surface area contributed by atoms with Gasteiger partial charge in [0, 0.05) is 51.0 Å². The van der Waals surface area contributed by atoms with Gasteiger partial charge in [-0.1, -0.05) is 19.9 Å². The molecular formula is C29H43N3O5. The molecule has 3 heterocycles. The van der Waals surface area contributed by atoms with E-state index in [4.69, 9.17) is 9.47 Å². The van der Waals surface area contributed by atoms with Crippen LogP contribution in [-0.4, -0.2) is 74.0 Å². The average Bonchev–Trinajstić information content (AvgIpc) is 2.89. The number of fused-ring (bicyclic) bond motifs is 6. The third-order valence-electron chi connectivity index (χ3n) is 8.19. The van der Waals surface area contributed by atoms with Crippen LogP contribution < -0.4 is 14.8 Å². The predicted molar refractivity (Wildman–Crippen MR) is 142 cm³/mol. The third-order valence-corrected chi connectivity index (χ3v) is 8.19. The Balaban J connectivity index is 1.57. The van der Waals surface area contributed by atoms with Gasteiger partial charge in [-0.15, -0.1) is 0 Å². The zero-order valence-corrected chi connectivity index (χ0v) is 22.9. The van der Waals surface area contributed by atoms with E-state index in [-0.39, 0.29) is 35.6 Å². The highest BCUT2D eigenvalue weighted by molar-refractivity contribution is 5.79. The van der Waals surface area contributed by atoms with Gasteiger partial charge >= 0.3 is 0 Å². The first-order valence-electron chi connectivity index (χ1n) is 13.9. The number of ether oxygens (including phenoxy) is 2. The fourth-order valence-corrected chi connectivity index (χ4v) is 6.45. The minimum atomic E-state index is -0.0244. The van der Waals surface area contributed by atoms with Crippen LogP contribution in [0.15, 0.2) is 12.1 Å². The molecule has 3 amide bonds. The van der Waals surface area contributed by atoms with Crippen molar-refractivity contribution in [2.45, 2.75) is 71.3 Å². The van der Waals surface area contributed by atoms with E-state index >= 15 is 0 Å². The Kier molecular flexibility index (Phi) is 8.98. The highest BCUT2D eigenvalue weighted by Crippen LogP contribution is 2.37. The first-order chi connectivity index (χ1) is 17.8. The molecule has 3 atom stereocenters. The quantitative estimate of drug-likeness (QED) is 0.671. The van der Waals surface area contributed by atoms with E-state index in [1.165, 1.54) is 0 Å². The summed E-state index contributed by atoms with van der Waals surface area (Å²) in [7, 11) is 3.27. The van der Waals surface area contributed by atoms with Gasteiger partial charge in [-0.25, -0.2) is 0 Å². The molecule has 8 nitrogen and oxygen atoms in total. The lowest BCUT2D eigenvalue weighted by Crippen LogP contribution is -2.60. The van der Waals surface area contributed by atoms with E-state index in [1.807, 2.05) is 24.8 Å². The zero-order valence-electron chi connectivity index (χ0n) is 22.9. The van der Waals surface area contributed by atoms with Crippen LogP contribution >= 0.6 is 0 Å². The first-order valence-corrected chi connectivity index (χ1v) is 13.9. The summed E-state index contributed by atoms with van der Waals surface area (Å²) in [6.45, 7) is 6.63. The topological polar surface area (TPSA) is 88.2 Å². The van der Waals surface area contributed by atoms with Crippen molar-refractivity contribution in [1.82, 2.24) is 15.1 Å². The molecule has 0 saturated carbocycles. The van der Waals surface area contributed by atoms with E-state index in [2.05, 4.69) is 16.3 Å². The lowest BCUT2D eigenvalue weighted by Gasteiger charge is -2.51. The maximum atomic E-state index is 13.6. The van der Waals surface area contributed by atoms with Gasteiger partial charge in [0.2, 0.25) is 17.7 Å². The summed E-state index contributed by atoms with van der Waals surface area (Å²) < 4.78 is 11.2. The number of carbonyl (C=O) groups is 3.